The van der Waals surface area contributed by atoms with Crippen molar-refractivity contribution in [3.63, 3.8) is 0 Å². The molecule has 0 aromatic heterocycles. The zero-order chi connectivity index (χ0) is 16.3. The average Bonchev–Trinajstić information content (AvgIpc) is 2.94. The van der Waals surface area contributed by atoms with Crippen molar-refractivity contribution in [3.8, 4) is 0 Å². The van der Waals surface area contributed by atoms with E-state index in [-0.39, 0.29) is 23.3 Å². The minimum Gasteiger partial charge on any atom is -0.339 e. The predicted octanol–water partition coefficient (Wildman–Crippen LogP) is 1.62. The molecule has 2 aliphatic heterocycles. The van der Waals surface area contributed by atoms with Crippen molar-refractivity contribution < 1.29 is 9.59 Å². The molecule has 5 nitrogen and oxygen atoms in total. The number of likely N-dealkylation sites (tertiary alicyclic amines) is 2. The van der Waals surface area contributed by atoms with E-state index in [1.165, 1.54) is 0 Å². The lowest BCUT2D eigenvalue weighted by Gasteiger charge is -2.36. The van der Waals surface area contributed by atoms with E-state index in [9.17, 15) is 9.59 Å². The Morgan fingerprint density at radius 3 is 2.45 bits per heavy atom. The molecular formula is C17H31N3O2. The summed E-state index contributed by atoms with van der Waals surface area (Å²) in [5.41, 5.74) is -0.0321. The van der Waals surface area contributed by atoms with E-state index in [0.717, 1.165) is 45.3 Å². The number of carbonyl (C=O) groups excluding carboxylic acids is 2. The Hall–Kier alpha value is -1.10. The van der Waals surface area contributed by atoms with Crippen LogP contribution < -0.4 is 5.32 Å². The average molecular weight is 309 g/mol. The molecule has 0 saturated carbocycles. The first-order chi connectivity index (χ1) is 10.3. The van der Waals surface area contributed by atoms with Gasteiger partial charge in [0.15, 0.2) is 0 Å². The fourth-order valence-corrected chi connectivity index (χ4v) is 3.50. The molecule has 2 amide bonds. The molecule has 126 valence electrons. The molecule has 5 heteroatoms. The van der Waals surface area contributed by atoms with E-state index in [4.69, 9.17) is 0 Å². The van der Waals surface area contributed by atoms with Gasteiger partial charge in [-0.1, -0.05) is 20.8 Å². The van der Waals surface area contributed by atoms with Gasteiger partial charge in [0, 0.05) is 32.1 Å². The number of amides is 2. The lowest BCUT2D eigenvalue weighted by atomic mass is 9.91. The monoisotopic (exact) mass is 309 g/mol. The summed E-state index contributed by atoms with van der Waals surface area (Å²) < 4.78 is 0. The number of hydrogen-bond donors (Lipinski definition) is 1. The highest BCUT2D eigenvalue weighted by Gasteiger charge is 2.38. The first-order valence-corrected chi connectivity index (χ1v) is 8.57. The summed E-state index contributed by atoms with van der Waals surface area (Å²) in [5.74, 6) is 0.283. The van der Waals surface area contributed by atoms with Gasteiger partial charge in [0.25, 0.3) is 0 Å². The molecule has 1 N–H and O–H groups in total. The summed E-state index contributed by atoms with van der Waals surface area (Å²) >= 11 is 0. The van der Waals surface area contributed by atoms with Gasteiger partial charge in [0.2, 0.25) is 11.8 Å². The van der Waals surface area contributed by atoms with Crippen molar-refractivity contribution in [2.24, 2.45) is 5.41 Å². The molecule has 0 aliphatic carbocycles. The minimum absolute atomic E-state index is 0.0321. The highest BCUT2D eigenvalue weighted by atomic mass is 16.2. The minimum atomic E-state index is -0.231. The molecule has 2 heterocycles. The van der Waals surface area contributed by atoms with Crippen LogP contribution in [0.25, 0.3) is 0 Å². The van der Waals surface area contributed by atoms with Crippen LogP contribution in [0.15, 0.2) is 0 Å². The standard InChI is InChI=1S/C17H31N3O2/c1-17(2,3)11-15(21)20-10-6-8-14(20)16(22)19-9-5-7-13(12-19)18-4/h13-14,18H,5-12H2,1-4H3. The van der Waals surface area contributed by atoms with Gasteiger partial charge >= 0.3 is 0 Å². The molecular weight excluding hydrogens is 278 g/mol. The topological polar surface area (TPSA) is 52.7 Å². The summed E-state index contributed by atoms with van der Waals surface area (Å²) in [6.45, 7) is 8.54. The van der Waals surface area contributed by atoms with Crippen molar-refractivity contribution >= 4 is 11.8 Å². The number of piperidine rings is 1. The van der Waals surface area contributed by atoms with E-state index < -0.39 is 0 Å². The molecule has 2 saturated heterocycles. The third-order valence-electron chi connectivity index (χ3n) is 4.68. The van der Waals surface area contributed by atoms with Crippen LogP contribution in [-0.2, 0) is 9.59 Å². The van der Waals surface area contributed by atoms with Crippen LogP contribution in [0.4, 0.5) is 0 Å². The second-order valence-corrected chi connectivity index (χ2v) is 7.89. The fourth-order valence-electron chi connectivity index (χ4n) is 3.50. The molecule has 2 atom stereocenters. The van der Waals surface area contributed by atoms with Crippen molar-refractivity contribution in [1.82, 2.24) is 15.1 Å². The van der Waals surface area contributed by atoms with E-state index in [2.05, 4.69) is 26.1 Å². The van der Waals surface area contributed by atoms with E-state index in [0.29, 0.717) is 12.5 Å². The van der Waals surface area contributed by atoms with E-state index >= 15 is 0 Å². The zero-order valence-corrected chi connectivity index (χ0v) is 14.5. The van der Waals surface area contributed by atoms with Crippen LogP contribution in [0, 0.1) is 5.41 Å². The maximum Gasteiger partial charge on any atom is 0.245 e. The number of nitrogens with one attached hydrogen (secondary N) is 1. The first kappa shape index (κ1) is 17.3. The van der Waals surface area contributed by atoms with Gasteiger partial charge in [-0.25, -0.2) is 0 Å². The van der Waals surface area contributed by atoms with Gasteiger partial charge in [-0.15, -0.1) is 0 Å². The largest absolute Gasteiger partial charge is 0.339 e. The molecule has 2 aliphatic rings. The molecule has 22 heavy (non-hydrogen) atoms. The van der Waals surface area contributed by atoms with Crippen molar-refractivity contribution in [3.05, 3.63) is 0 Å². The molecule has 2 unspecified atom stereocenters. The van der Waals surface area contributed by atoms with E-state index in [1.54, 1.807) is 0 Å². The Morgan fingerprint density at radius 1 is 1.14 bits per heavy atom. The second-order valence-electron chi connectivity index (χ2n) is 7.89. The number of nitrogens with zero attached hydrogens (tertiary/aromatic N) is 2. The van der Waals surface area contributed by atoms with Crippen LogP contribution in [0.1, 0.15) is 52.9 Å². The molecule has 0 aromatic rings. The van der Waals surface area contributed by atoms with Gasteiger partial charge < -0.3 is 15.1 Å². The number of carbonyl (C=O) groups is 2. The summed E-state index contributed by atoms with van der Waals surface area (Å²) in [6.07, 6.45) is 4.43. The number of likely N-dealkylation sites (N-methyl/N-ethyl adjacent to an activating group) is 1. The summed E-state index contributed by atoms with van der Waals surface area (Å²) in [5, 5.41) is 3.27. The lowest BCUT2D eigenvalue weighted by molar-refractivity contribution is -0.145. The van der Waals surface area contributed by atoms with E-state index in [1.807, 2.05) is 16.8 Å². The van der Waals surface area contributed by atoms with Crippen molar-refractivity contribution in [2.75, 3.05) is 26.7 Å². The lowest BCUT2D eigenvalue weighted by Crippen LogP contribution is -2.53. The zero-order valence-electron chi connectivity index (χ0n) is 14.5. The van der Waals surface area contributed by atoms with Crippen LogP contribution >= 0.6 is 0 Å². The Bertz CT molecular complexity index is 417. The third-order valence-corrected chi connectivity index (χ3v) is 4.68. The molecule has 0 spiro atoms. The Balaban J connectivity index is 2.00. The number of rotatable bonds is 3. The maximum absolute atomic E-state index is 12.8. The predicted molar refractivity (Wildman–Crippen MR) is 87.5 cm³/mol. The Morgan fingerprint density at radius 2 is 1.82 bits per heavy atom. The van der Waals surface area contributed by atoms with Gasteiger partial charge in [-0.2, -0.15) is 0 Å². The fraction of sp³-hybridized carbons (Fsp3) is 0.882. The normalized spacial score (nSPS) is 26.4. The quantitative estimate of drug-likeness (QED) is 0.862. The van der Waals surface area contributed by atoms with Crippen molar-refractivity contribution in [2.45, 2.75) is 65.0 Å². The molecule has 0 aromatic carbocycles. The molecule has 0 radical (unpaired) electrons. The first-order valence-electron chi connectivity index (χ1n) is 8.57. The maximum atomic E-state index is 12.8. The molecule has 0 bridgehead atoms. The van der Waals surface area contributed by atoms with Gasteiger partial charge in [0.1, 0.15) is 6.04 Å². The van der Waals surface area contributed by atoms with Crippen LogP contribution in [-0.4, -0.2) is 60.4 Å². The second kappa shape index (κ2) is 6.99. The number of hydrogen-bond acceptors (Lipinski definition) is 3. The Kier molecular flexibility index (Phi) is 5.48. The van der Waals surface area contributed by atoms with Gasteiger partial charge in [-0.3, -0.25) is 9.59 Å². The SMILES string of the molecule is CNC1CCCN(C(=O)C2CCCN2C(=O)CC(C)(C)C)C1. The highest BCUT2D eigenvalue weighted by Crippen LogP contribution is 2.26. The van der Waals surface area contributed by atoms with Crippen LogP contribution in [0.3, 0.4) is 0 Å². The van der Waals surface area contributed by atoms with Crippen molar-refractivity contribution in [1.29, 1.82) is 0 Å². The third kappa shape index (κ3) is 4.22. The molecule has 2 rings (SSSR count). The van der Waals surface area contributed by atoms with Crippen LogP contribution in [0.2, 0.25) is 0 Å². The summed E-state index contributed by atoms with van der Waals surface area (Å²) in [6, 6.07) is 0.156. The van der Waals surface area contributed by atoms with Gasteiger partial charge in [-0.05, 0) is 38.1 Å². The highest BCUT2D eigenvalue weighted by molar-refractivity contribution is 5.88. The van der Waals surface area contributed by atoms with Crippen LogP contribution in [0.5, 0.6) is 0 Å². The van der Waals surface area contributed by atoms with Gasteiger partial charge in [0.05, 0.1) is 0 Å². The summed E-state index contributed by atoms with van der Waals surface area (Å²) in [4.78, 5) is 29.2. The Labute approximate surface area is 134 Å². The molecule has 2 fully saturated rings. The smallest absolute Gasteiger partial charge is 0.245 e. The summed E-state index contributed by atoms with van der Waals surface area (Å²) in [7, 11) is 1.95.